The first-order chi connectivity index (χ1) is 8.45. The molecule has 0 saturated heterocycles. The Labute approximate surface area is 102 Å². The van der Waals surface area contributed by atoms with Gasteiger partial charge in [-0.05, 0) is 19.1 Å². The molecular formula is C12H10NO5-. The minimum Gasteiger partial charge on any atom is -0.548 e. The molecule has 1 aliphatic heterocycles. The number of hydrogen-bond donors (Lipinski definition) is 1. The van der Waals surface area contributed by atoms with Crippen molar-refractivity contribution in [1.29, 1.82) is 0 Å². The SMILES string of the molecule is C[C@H](O)[C@H](C(=O)[O-])N1C(=O)c2ccccc2C1=O. The molecule has 1 aromatic rings. The number of imide groups is 1. The number of nitrogens with zero attached hydrogens (tertiary/aromatic N) is 1. The van der Waals surface area contributed by atoms with E-state index in [2.05, 4.69) is 0 Å². The number of carboxylic acids is 1. The van der Waals surface area contributed by atoms with E-state index >= 15 is 0 Å². The van der Waals surface area contributed by atoms with Gasteiger partial charge in [0.15, 0.2) is 0 Å². The number of rotatable bonds is 3. The van der Waals surface area contributed by atoms with Crippen molar-refractivity contribution in [2.45, 2.75) is 19.1 Å². The molecule has 6 nitrogen and oxygen atoms in total. The van der Waals surface area contributed by atoms with Gasteiger partial charge >= 0.3 is 0 Å². The highest BCUT2D eigenvalue weighted by atomic mass is 16.4. The van der Waals surface area contributed by atoms with Crippen molar-refractivity contribution in [3.63, 3.8) is 0 Å². The maximum absolute atomic E-state index is 12.0. The molecule has 1 N–H and O–H groups in total. The summed E-state index contributed by atoms with van der Waals surface area (Å²) in [6.07, 6.45) is -1.41. The largest absolute Gasteiger partial charge is 0.548 e. The fraction of sp³-hybridized carbons (Fsp3) is 0.250. The van der Waals surface area contributed by atoms with Crippen LogP contribution in [0.4, 0.5) is 0 Å². The molecule has 0 spiro atoms. The molecule has 2 amide bonds. The van der Waals surface area contributed by atoms with E-state index in [0.29, 0.717) is 4.90 Å². The summed E-state index contributed by atoms with van der Waals surface area (Å²) in [7, 11) is 0. The predicted molar refractivity (Wildman–Crippen MR) is 57.4 cm³/mol. The second-order valence-corrected chi connectivity index (χ2v) is 4.03. The van der Waals surface area contributed by atoms with Gasteiger partial charge in [0, 0.05) is 0 Å². The topological polar surface area (TPSA) is 97.7 Å². The maximum Gasteiger partial charge on any atom is 0.262 e. The van der Waals surface area contributed by atoms with Gasteiger partial charge in [0.25, 0.3) is 11.8 Å². The van der Waals surface area contributed by atoms with Gasteiger partial charge in [-0.2, -0.15) is 0 Å². The smallest absolute Gasteiger partial charge is 0.262 e. The van der Waals surface area contributed by atoms with Crippen molar-refractivity contribution < 1.29 is 24.6 Å². The van der Waals surface area contributed by atoms with Crippen molar-refractivity contribution in [1.82, 2.24) is 4.90 Å². The second kappa shape index (κ2) is 4.23. The average molecular weight is 248 g/mol. The van der Waals surface area contributed by atoms with Crippen LogP contribution < -0.4 is 5.11 Å². The predicted octanol–water partition coefficient (Wildman–Crippen LogP) is -1.22. The Balaban J connectivity index is 2.47. The van der Waals surface area contributed by atoms with Gasteiger partial charge < -0.3 is 15.0 Å². The third-order valence-corrected chi connectivity index (χ3v) is 2.80. The third-order valence-electron chi connectivity index (χ3n) is 2.80. The number of aliphatic hydroxyl groups excluding tert-OH is 1. The first kappa shape index (κ1) is 12.3. The molecule has 0 aliphatic carbocycles. The minimum atomic E-state index is -1.68. The summed E-state index contributed by atoms with van der Waals surface area (Å²) in [5, 5.41) is 20.3. The van der Waals surface area contributed by atoms with E-state index in [4.69, 9.17) is 0 Å². The minimum absolute atomic E-state index is 0.134. The molecule has 0 saturated carbocycles. The van der Waals surface area contributed by atoms with Crippen molar-refractivity contribution in [3.05, 3.63) is 35.4 Å². The third kappa shape index (κ3) is 1.67. The number of carbonyl (C=O) groups excluding carboxylic acids is 3. The number of carboxylic acid groups (broad SMARTS) is 1. The van der Waals surface area contributed by atoms with Gasteiger partial charge in [-0.15, -0.1) is 0 Å². The molecule has 2 atom stereocenters. The average Bonchev–Trinajstić information content (AvgIpc) is 2.55. The molecule has 0 radical (unpaired) electrons. The summed E-state index contributed by atoms with van der Waals surface area (Å²) >= 11 is 0. The molecule has 1 heterocycles. The molecular weight excluding hydrogens is 238 g/mol. The number of amides is 2. The molecule has 18 heavy (non-hydrogen) atoms. The van der Waals surface area contributed by atoms with Crippen LogP contribution in [0.15, 0.2) is 24.3 Å². The summed E-state index contributed by atoms with van der Waals surface area (Å²) in [6.45, 7) is 1.18. The maximum atomic E-state index is 12.0. The van der Waals surface area contributed by atoms with Gasteiger partial charge in [-0.25, -0.2) is 0 Å². The number of hydrogen-bond acceptors (Lipinski definition) is 5. The van der Waals surface area contributed by atoms with Crippen LogP contribution >= 0.6 is 0 Å². The van der Waals surface area contributed by atoms with Crippen LogP contribution in [0.5, 0.6) is 0 Å². The first-order valence-electron chi connectivity index (χ1n) is 5.31. The zero-order chi connectivity index (χ0) is 13.4. The number of aliphatic hydroxyl groups is 1. The van der Waals surface area contributed by atoms with E-state index in [-0.39, 0.29) is 11.1 Å². The lowest BCUT2D eigenvalue weighted by atomic mass is 10.1. The van der Waals surface area contributed by atoms with Crippen LogP contribution in [0.2, 0.25) is 0 Å². The molecule has 2 rings (SSSR count). The highest BCUT2D eigenvalue weighted by Crippen LogP contribution is 2.25. The zero-order valence-electron chi connectivity index (χ0n) is 9.49. The summed E-state index contributed by atoms with van der Waals surface area (Å²) in [5.41, 5.74) is 0.267. The molecule has 0 unspecified atom stereocenters. The molecule has 94 valence electrons. The van der Waals surface area contributed by atoms with Crippen LogP contribution in [0.1, 0.15) is 27.6 Å². The van der Waals surface area contributed by atoms with Crippen molar-refractivity contribution in [3.8, 4) is 0 Å². The van der Waals surface area contributed by atoms with Gasteiger partial charge in [0.05, 0.1) is 23.2 Å². The van der Waals surface area contributed by atoms with Crippen LogP contribution in [-0.2, 0) is 4.79 Å². The van der Waals surface area contributed by atoms with E-state index < -0.39 is 29.9 Å². The van der Waals surface area contributed by atoms with Crippen molar-refractivity contribution in [2.24, 2.45) is 0 Å². The lowest BCUT2D eigenvalue weighted by molar-refractivity contribution is -0.312. The molecule has 0 bridgehead atoms. The Bertz CT molecular complexity index is 502. The Morgan fingerprint density at radius 1 is 1.22 bits per heavy atom. The summed E-state index contributed by atoms with van der Waals surface area (Å²) in [6, 6.07) is 4.33. The monoisotopic (exact) mass is 248 g/mol. The lowest BCUT2D eigenvalue weighted by Crippen LogP contribution is -2.55. The van der Waals surface area contributed by atoms with E-state index in [1.54, 1.807) is 12.1 Å². The van der Waals surface area contributed by atoms with Gasteiger partial charge in [0.2, 0.25) is 0 Å². The van der Waals surface area contributed by atoms with Crippen LogP contribution in [-0.4, -0.2) is 39.9 Å². The number of fused-ring (bicyclic) bond motifs is 1. The fourth-order valence-electron chi connectivity index (χ4n) is 1.98. The quantitative estimate of drug-likeness (QED) is 0.676. The Morgan fingerprint density at radius 2 is 1.67 bits per heavy atom. The van der Waals surface area contributed by atoms with E-state index in [1.807, 2.05) is 0 Å². The van der Waals surface area contributed by atoms with Crippen molar-refractivity contribution >= 4 is 17.8 Å². The Kier molecular flexibility index (Phi) is 2.88. The van der Waals surface area contributed by atoms with Crippen LogP contribution in [0, 0.1) is 0 Å². The normalized spacial score (nSPS) is 17.6. The highest BCUT2D eigenvalue weighted by molar-refractivity contribution is 6.22. The van der Waals surface area contributed by atoms with Crippen LogP contribution in [0.25, 0.3) is 0 Å². The summed E-state index contributed by atoms with van der Waals surface area (Å²) in [5.74, 6) is -3.13. The molecule has 0 aromatic heterocycles. The molecule has 1 aliphatic rings. The highest BCUT2D eigenvalue weighted by Gasteiger charge is 2.41. The molecule has 0 fully saturated rings. The summed E-state index contributed by atoms with van der Waals surface area (Å²) in [4.78, 5) is 35.4. The van der Waals surface area contributed by atoms with Crippen molar-refractivity contribution in [2.75, 3.05) is 0 Å². The number of benzene rings is 1. The van der Waals surface area contributed by atoms with Gasteiger partial charge in [0.1, 0.15) is 6.04 Å². The van der Waals surface area contributed by atoms with E-state index in [0.717, 1.165) is 0 Å². The number of aliphatic carboxylic acids is 1. The molecule has 1 aromatic carbocycles. The lowest BCUT2D eigenvalue weighted by Gasteiger charge is -2.29. The van der Waals surface area contributed by atoms with Gasteiger partial charge in [-0.1, -0.05) is 12.1 Å². The van der Waals surface area contributed by atoms with E-state index in [9.17, 15) is 24.6 Å². The number of carbonyl (C=O) groups is 3. The molecule has 6 heteroatoms. The second-order valence-electron chi connectivity index (χ2n) is 4.03. The summed E-state index contributed by atoms with van der Waals surface area (Å²) < 4.78 is 0. The Hall–Kier alpha value is -2.21. The Morgan fingerprint density at radius 3 is 2.00 bits per heavy atom. The zero-order valence-corrected chi connectivity index (χ0v) is 9.49. The van der Waals surface area contributed by atoms with Gasteiger partial charge in [-0.3, -0.25) is 14.5 Å². The first-order valence-corrected chi connectivity index (χ1v) is 5.31. The van der Waals surface area contributed by atoms with E-state index in [1.165, 1.54) is 19.1 Å². The standard InChI is InChI=1S/C12H11NO5/c1-6(14)9(12(17)18)13-10(15)7-4-2-3-5-8(7)11(13)16/h2-6,9,14H,1H3,(H,17,18)/p-1/t6-,9+/m0/s1. The fourth-order valence-corrected chi connectivity index (χ4v) is 1.98. The van der Waals surface area contributed by atoms with Crippen LogP contribution in [0.3, 0.4) is 0 Å².